The molecule has 0 fully saturated rings. The van der Waals surface area contributed by atoms with E-state index in [0.29, 0.717) is 0 Å². The second-order valence-electron chi connectivity index (χ2n) is 4.16. The topological polar surface area (TPSA) is 12.9 Å². The lowest BCUT2D eigenvalue weighted by atomic mass is 10.1. The summed E-state index contributed by atoms with van der Waals surface area (Å²) in [5.74, 6) is 0. The lowest BCUT2D eigenvalue weighted by Gasteiger charge is -2.06. The molecule has 1 heterocycles. The number of para-hydroxylation sites is 1. The highest BCUT2D eigenvalue weighted by Gasteiger charge is 2.11. The second-order valence-corrected chi connectivity index (χ2v) is 5.80. The van der Waals surface area contributed by atoms with Crippen LogP contribution in [-0.4, -0.2) is 4.98 Å². The van der Waals surface area contributed by atoms with E-state index < -0.39 is 0 Å². The number of alkyl halides is 1. The van der Waals surface area contributed by atoms with Gasteiger partial charge in [-0.05, 0) is 17.7 Å². The molecular formula is C15H12ClNS. The molecule has 0 N–H and O–H groups in total. The second kappa shape index (κ2) is 5.09. The molecular weight excluding hydrogens is 262 g/mol. The zero-order valence-electron chi connectivity index (χ0n) is 9.71. The van der Waals surface area contributed by atoms with E-state index in [2.05, 4.69) is 23.2 Å². The normalized spacial score (nSPS) is 12.7. The number of nitrogens with zero attached hydrogens (tertiary/aromatic N) is 1. The van der Waals surface area contributed by atoms with E-state index in [1.807, 2.05) is 36.4 Å². The van der Waals surface area contributed by atoms with E-state index in [9.17, 15) is 0 Å². The van der Waals surface area contributed by atoms with Crippen LogP contribution in [0.5, 0.6) is 0 Å². The molecule has 3 aromatic rings. The van der Waals surface area contributed by atoms with E-state index in [-0.39, 0.29) is 5.38 Å². The Morgan fingerprint density at radius 1 is 1.00 bits per heavy atom. The summed E-state index contributed by atoms with van der Waals surface area (Å²) in [5.41, 5.74) is 2.22. The molecule has 2 aromatic carbocycles. The van der Waals surface area contributed by atoms with Crippen molar-refractivity contribution in [2.75, 3.05) is 0 Å². The maximum atomic E-state index is 6.43. The number of aromatic nitrogens is 1. The zero-order valence-corrected chi connectivity index (χ0v) is 11.3. The molecule has 0 aliphatic rings. The lowest BCUT2D eigenvalue weighted by molar-refractivity contribution is 0.911. The summed E-state index contributed by atoms with van der Waals surface area (Å²) < 4.78 is 1.23. The van der Waals surface area contributed by atoms with Crippen molar-refractivity contribution in [2.24, 2.45) is 0 Å². The van der Waals surface area contributed by atoms with E-state index in [0.717, 1.165) is 22.5 Å². The Balaban J connectivity index is 1.84. The maximum Gasteiger partial charge on any atom is 0.0956 e. The summed E-state index contributed by atoms with van der Waals surface area (Å²) in [6.07, 6.45) is 0.783. The molecule has 0 saturated heterocycles. The first-order chi connectivity index (χ1) is 8.83. The Morgan fingerprint density at radius 3 is 2.50 bits per heavy atom. The minimum Gasteiger partial charge on any atom is -0.241 e. The first-order valence-corrected chi connectivity index (χ1v) is 7.12. The first kappa shape index (κ1) is 11.7. The summed E-state index contributed by atoms with van der Waals surface area (Å²) in [7, 11) is 0. The molecule has 1 aromatic heterocycles. The van der Waals surface area contributed by atoms with E-state index in [1.165, 1.54) is 4.70 Å². The number of rotatable bonds is 3. The van der Waals surface area contributed by atoms with Crippen molar-refractivity contribution in [3.63, 3.8) is 0 Å². The average molecular weight is 274 g/mol. The quantitative estimate of drug-likeness (QED) is 0.624. The van der Waals surface area contributed by atoms with Crippen LogP contribution in [0.15, 0.2) is 54.6 Å². The fourth-order valence-corrected chi connectivity index (χ4v) is 3.34. The summed E-state index contributed by atoms with van der Waals surface area (Å²) in [4.78, 5) is 4.61. The summed E-state index contributed by atoms with van der Waals surface area (Å²) in [6, 6.07) is 18.4. The van der Waals surface area contributed by atoms with Gasteiger partial charge in [0.2, 0.25) is 0 Å². The predicted octanol–water partition coefficient (Wildman–Crippen LogP) is 4.82. The number of hydrogen-bond donors (Lipinski definition) is 0. The third-order valence-corrected chi connectivity index (χ3v) is 4.32. The van der Waals surface area contributed by atoms with Crippen molar-refractivity contribution in [1.82, 2.24) is 4.98 Å². The Labute approximate surface area is 115 Å². The molecule has 0 saturated carbocycles. The van der Waals surface area contributed by atoms with Gasteiger partial charge in [-0.15, -0.1) is 22.9 Å². The highest BCUT2D eigenvalue weighted by Crippen LogP contribution is 2.29. The fraction of sp³-hybridized carbons (Fsp3) is 0.133. The maximum absolute atomic E-state index is 6.43. The highest BCUT2D eigenvalue weighted by molar-refractivity contribution is 7.18. The van der Waals surface area contributed by atoms with E-state index in [1.54, 1.807) is 11.3 Å². The molecule has 1 unspecified atom stereocenters. The molecule has 0 bridgehead atoms. The van der Waals surface area contributed by atoms with Crippen molar-refractivity contribution >= 4 is 33.2 Å². The Bertz CT molecular complexity index is 615. The van der Waals surface area contributed by atoms with Crippen LogP contribution in [0.1, 0.15) is 15.9 Å². The van der Waals surface area contributed by atoms with Crippen LogP contribution < -0.4 is 0 Å². The molecule has 1 atom stereocenters. The van der Waals surface area contributed by atoms with Gasteiger partial charge in [0.15, 0.2) is 0 Å². The van der Waals surface area contributed by atoms with Crippen LogP contribution in [0.3, 0.4) is 0 Å². The van der Waals surface area contributed by atoms with Gasteiger partial charge in [-0.1, -0.05) is 42.5 Å². The van der Waals surface area contributed by atoms with Crippen molar-refractivity contribution in [1.29, 1.82) is 0 Å². The number of hydrogen-bond acceptors (Lipinski definition) is 2. The van der Waals surface area contributed by atoms with Crippen molar-refractivity contribution in [2.45, 2.75) is 11.8 Å². The van der Waals surface area contributed by atoms with E-state index in [4.69, 9.17) is 11.6 Å². The van der Waals surface area contributed by atoms with Crippen LogP contribution in [0.25, 0.3) is 10.2 Å². The third kappa shape index (κ3) is 2.40. The molecule has 90 valence electrons. The summed E-state index contributed by atoms with van der Waals surface area (Å²) >= 11 is 8.16. The van der Waals surface area contributed by atoms with Crippen molar-refractivity contribution < 1.29 is 0 Å². The van der Waals surface area contributed by atoms with Gasteiger partial charge in [0.05, 0.1) is 20.6 Å². The van der Waals surface area contributed by atoms with Gasteiger partial charge in [0, 0.05) is 6.42 Å². The van der Waals surface area contributed by atoms with Gasteiger partial charge in [0.25, 0.3) is 0 Å². The van der Waals surface area contributed by atoms with Crippen LogP contribution in [0.2, 0.25) is 0 Å². The van der Waals surface area contributed by atoms with E-state index >= 15 is 0 Å². The minimum atomic E-state index is -0.00763. The molecule has 3 heteroatoms. The van der Waals surface area contributed by atoms with Crippen LogP contribution >= 0.6 is 22.9 Å². The first-order valence-electron chi connectivity index (χ1n) is 5.86. The summed E-state index contributed by atoms with van der Waals surface area (Å²) in [5, 5.41) is 1.09. The predicted molar refractivity (Wildman–Crippen MR) is 78.4 cm³/mol. The van der Waals surface area contributed by atoms with Gasteiger partial charge in [-0.25, -0.2) is 4.98 Å². The average Bonchev–Trinajstić information content (AvgIpc) is 2.82. The third-order valence-electron chi connectivity index (χ3n) is 2.85. The molecule has 0 aliphatic carbocycles. The van der Waals surface area contributed by atoms with Gasteiger partial charge in [0.1, 0.15) is 0 Å². The Hall–Kier alpha value is -1.38. The molecule has 1 nitrogen and oxygen atoms in total. The standard InChI is InChI=1S/C15H12ClNS/c16-12(11-6-2-1-3-7-11)10-15-17-13-8-4-5-9-14(13)18-15/h1-9,12H,10H2. The molecule has 0 spiro atoms. The van der Waals surface area contributed by atoms with Crippen LogP contribution in [-0.2, 0) is 6.42 Å². The molecule has 0 amide bonds. The largest absolute Gasteiger partial charge is 0.241 e. The van der Waals surface area contributed by atoms with Gasteiger partial charge < -0.3 is 0 Å². The highest BCUT2D eigenvalue weighted by atomic mass is 35.5. The molecule has 3 rings (SSSR count). The monoisotopic (exact) mass is 273 g/mol. The number of fused-ring (bicyclic) bond motifs is 1. The molecule has 18 heavy (non-hydrogen) atoms. The smallest absolute Gasteiger partial charge is 0.0956 e. The fourth-order valence-electron chi connectivity index (χ4n) is 1.94. The van der Waals surface area contributed by atoms with Gasteiger partial charge >= 0.3 is 0 Å². The molecule has 0 aliphatic heterocycles. The van der Waals surface area contributed by atoms with Crippen LogP contribution in [0.4, 0.5) is 0 Å². The zero-order chi connectivity index (χ0) is 12.4. The SMILES string of the molecule is ClC(Cc1nc2ccccc2s1)c1ccccc1. The van der Waals surface area contributed by atoms with Gasteiger partial charge in [-0.2, -0.15) is 0 Å². The lowest BCUT2D eigenvalue weighted by Crippen LogP contribution is -1.94. The minimum absolute atomic E-state index is 0.00763. The van der Waals surface area contributed by atoms with Crippen LogP contribution in [0, 0.1) is 0 Å². The summed E-state index contributed by atoms with van der Waals surface area (Å²) in [6.45, 7) is 0. The van der Waals surface area contributed by atoms with Gasteiger partial charge in [-0.3, -0.25) is 0 Å². The van der Waals surface area contributed by atoms with Crippen molar-refractivity contribution in [3.05, 3.63) is 65.2 Å². The van der Waals surface area contributed by atoms with Crippen molar-refractivity contribution in [3.8, 4) is 0 Å². The number of halogens is 1. The molecule has 0 radical (unpaired) electrons. The number of benzene rings is 2. The number of thiazole rings is 1. The Morgan fingerprint density at radius 2 is 1.72 bits per heavy atom. The Kier molecular flexibility index (Phi) is 3.31.